The average molecular weight is 544 g/mol. The van der Waals surface area contributed by atoms with Crippen molar-refractivity contribution in [1.82, 2.24) is 0 Å². The molecule has 0 aliphatic carbocycles. The molecule has 0 N–H and O–H groups in total. The molecule has 40 heavy (non-hydrogen) atoms. The third-order valence-electron chi connectivity index (χ3n) is 7.74. The fraction of sp³-hybridized carbons (Fsp3) is 0. The van der Waals surface area contributed by atoms with Crippen LogP contribution in [0.5, 0.6) is 0 Å². The minimum Gasteiger partial charge on any atom is -0.192 e. The van der Waals surface area contributed by atoms with E-state index in [1.165, 1.54) is 45.9 Å². The van der Waals surface area contributed by atoms with Gasteiger partial charge >= 0.3 is 0 Å². The molecule has 3 heteroatoms. The summed E-state index contributed by atoms with van der Waals surface area (Å²) >= 11 is 3.64. The molecule has 0 fully saturated rings. The molecular formula is C37H21NS2. The maximum atomic E-state index is 10.7. The van der Waals surface area contributed by atoms with Crippen LogP contribution in [-0.2, 0) is 0 Å². The normalized spacial score (nSPS) is 11.5. The van der Waals surface area contributed by atoms with Crippen molar-refractivity contribution < 1.29 is 0 Å². The number of rotatable bonds is 3. The molecule has 186 valence electrons. The maximum Gasteiger partial charge on any atom is 0.100 e. The number of thiophene rings is 2. The van der Waals surface area contributed by atoms with Crippen LogP contribution in [0.25, 0.3) is 73.7 Å². The zero-order chi connectivity index (χ0) is 26.6. The van der Waals surface area contributed by atoms with Gasteiger partial charge in [0.1, 0.15) is 6.07 Å². The summed E-state index contributed by atoms with van der Waals surface area (Å²) < 4.78 is 5.06. The van der Waals surface area contributed by atoms with Crippen molar-refractivity contribution in [2.24, 2.45) is 0 Å². The first-order valence-electron chi connectivity index (χ1n) is 13.2. The SMILES string of the molecule is N#Cc1c(-c2ccccc2)cc(-c2cccc3sc4ccccc4c23)cc1-c1cccc2sc3ccccc3c12. The molecule has 0 atom stereocenters. The second kappa shape index (κ2) is 9.17. The zero-order valence-electron chi connectivity index (χ0n) is 21.4. The largest absolute Gasteiger partial charge is 0.192 e. The minimum atomic E-state index is 0.708. The van der Waals surface area contributed by atoms with Gasteiger partial charge in [-0.05, 0) is 58.7 Å². The smallest absolute Gasteiger partial charge is 0.100 e. The van der Waals surface area contributed by atoms with E-state index in [4.69, 9.17) is 0 Å². The van der Waals surface area contributed by atoms with Gasteiger partial charge in [-0.1, -0.05) is 91.0 Å². The Hall–Kier alpha value is -4.75. The summed E-state index contributed by atoms with van der Waals surface area (Å²) in [5.74, 6) is 0. The first-order chi connectivity index (χ1) is 19.8. The molecule has 0 amide bonds. The van der Waals surface area contributed by atoms with E-state index in [2.05, 4.69) is 115 Å². The van der Waals surface area contributed by atoms with Gasteiger partial charge in [0, 0.05) is 51.5 Å². The number of hydrogen-bond acceptors (Lipinski definition) is 3. The molecule has 6 aromatic carbocycles. The van der Waals surface area contributed by atoms with Crippen molar-refractivity contribution in [3.63, 3.8) is 0 Å². The lowest BCUT2D eigenvalue weighted by Crippen LogP contribution is -1.93. The van der Waals surface area contributed by atoms with Gasteiger partial charge in [0.2, 0.25) is 0 Å². The summed E-state index contributed by atoms with van der Waals surface area (Å²) in [6, 6.07) is 47.7. The summed E-state index contributed by atoms with van der Waals surface area (Å²) in [7, 11) is 0. The highest BCUT2D eigenvalue weighted by atomic mass is 32.1. The standard InChI is InChI=1S/C37H21NS2/c38-22-31-29(23-10-2-1-3-11-23)20-24(25-14-8-18-34-36(25)27-12-4-6-16-32(27)39-34)21-30(31)26-15-9-19-35-37(26)28-13-5-7-17-33(28)40-35/h1-21H. The van der Waals surface area contributed by atoms with Gasteiger partial charge in [-0.2, -0.15) is 5.26 Å². The van der Waals surface area contributed by atoms with Crippen molar-refractivity contribution in [2.75, 3.05) is 0 Å². The Kier molecular flexibility index (Phi) is 5.31. The molecule has 0 bridgehead atoms. The van der Waals surface area contributed by atoms with E-state index < -0.39 is 0 Å². The van der Waals surface area contributed by atoms with E-state index in [0.29, 0.717) is 5.56 Å². The second-order valence-corrected chi connectivity index (χ2v) is 12.1. The van der Waals surface area contributed by atoms with Gasteiger partial charge in [0.25, 0.3) is 0 Å². The van der Waals surface area contributed by atoms with Crippen LogP contribution >= 0.6 is 22.7 Å². The molecule has 0 radical (unpaired) electrons. The number of nitrogens with zero attached hydrogens (tertiary/aromatic N) is 1. The van der Waals surface area contributed by atoms with Gasteiger partial charge in [0.05, 0.1) is 5.56 Å². The quantitative estimate of drug-likeness (QED) is 0.217. The highest BCUT2D eigenvalue weighted by Gasteiger charge is 2.20. The van der Waals surface area contributed by atoms with E-state index in [1.807, 2.05) is 40.9 Å². The van der Waals surface area contributed by atoms with Crippen LogP contribution in [0.2, 0.25) is 0 Å². The van der Waals surface area contributed by atoms with Gasteiger partial charge in [-0.15, -0.1) is 22.7 Å². The van der Waals surface area contributed by atoms with Gasteiger partial charge in [-0.25, -0.2) is 0 Å². The van der Waals surface area contributed by atoms with Crippen molar-refractivity contribution in [3.8, 4) is 39.4 Å². The Balaban J connectivity index is 1.51. The Morgan fingerprint density at radius 2 is 0.950 bits per heavy atom. The highest BCUT2D eigenvalue weighted by Crippen LogP contribution is 2.46. The molecule has 2 heterocycles. The fourth-order valence-corrected chi connectivity index (χ4v) is 8.25. The first kappa shape index (κ1) is 23.2. The molecule has 0 saturated heterocycles. The fourth-order valence-electron chi connectivity index (χ4n) is 5.99. The van der Waals surface area contributed by atoms with Gasteiger partial charge in [0.15, 0.2) is 0 Å². The van der Waals surface area contributed by atoms with Crippen LogP contribution in [0, 0.1) is 11.3 Å². The summed E-state index contributed by atoms with van der Waals surface area (Å²) in [5.41, 5.74) is 7.12. The second-order valence-electron chi connectivity index (χ2n) is 9.98. The molecule has 0 saturated carbocycles. The topological polar surface area (TPSA) is 23.8 Å². The average Bonchev–Trinajstić information content (AvgIpc) is 3.59. The van der Waals surface area contributed by atoms with E-state index in [0.717, 1.165) is 27.8 Å². The zero-order valence-corrected chi connectivity index (χ0v) is 23.0. The van der Waals surface area contributed by atoms with Crippen molar-refractivity contribution in [2.45, 2.75) is 0 Å². The van der Waals surface area contributed by atoms with Crippen molar-refractivity contribution in [3.05, 3.63) is 133 Å². The van der Waals surface area contributed by atoms with E-state index in [-0.39, 0.29) is 0 Å². The summed E-state index contributed by atoms with van der Waals surface area (Å²) in [4.78, 5) is 0. The Bertz CT molecular complexity index is 2280. The molecule has 1 nitrogen and oxygen atoms in total. The highest BCUT2D eigenvalue weighted by molar-refractivity contribution is 7.26. The maximum absolute atomic E-state index is 10.7. The first-order valence-corrected chi connectivity index (χ1v) is 14.9. The lowest BCUT2D eigenvalue weighted by Gasteiger charge is -2.16. The van der Waals surface area contributed by atoms with E-state index in [1.54, 1.807) is 0 Å². The monoisotopic (exact) mass is 543 g/mol. The predicted octanol–water partition coefficient (Wildman–Crippen LogP) is 11.3. The third-order valence-corrected chi connectivity index (χ3v) is 10.0. The number of nitriles is 1. The Morgan fingerprint density at radius 1 is 0.425 bits per heavy atom. The number of benzene rings is 6. The minimum absolute atomic E-state index is 0.708. The lowest BCUT2D eigenvalue weighted by molar-refractivity contribution is 1.47. The number of fused-ring (bicyclic) bond motifs is 6. The molecule has 2 aromatic heterocycles. The van der Waals surface area contributed by atoms with Crippen molar-refractivity contribution in [1.29, 1.82) is 5.26 Å². The number of hydrogen-bond donors (Lipinski definition) is 0. The van der Waals surface area contributed by atoms with Gasteiger partial charge in [-0.3, -0.25) is 0 Å². The van der Waals surface area contributed by atoms with Crippen LogP contribution in [0.1, 0.15) is 5.56 Å². The molecule has 0 spiro atoms. The predicted molar refractivity (Wildman–Crippen MR) is 173 cm³/mol. The summed E-state index contributed by atoms with van der Waals surface area (Å²) in [5, 5.41) is 15.7. The van der Waals surface area contributed by atoms with Crippen LogP contribution in [0.3, 0.4) is 0 Å². The molecule has 0 unspecified atom stereocenters. The molecule has 8 aromatic rings. The summed E-state index contributed by atoms with van der Waals surface area (Å²) in [6.07, 6.45) is 0. The Morgan fingerprint density at radius 3 is 1.60 bits per heavy atom. The molecule has 0 aliphatic heterocycles. The van der Waals surface area contributed by atoms with Crippen LogP contribution in [-0.4, -0.2) is 0 Å². The van der Waals surface area contributed by atoms with Gasteiger partial charge < -0.3 is 0 Å². The van der Waals surface area contributed by atoms with Crippen LogP contribution in [0.15, 0.2) is 127 Å². The van der Waals surface area contributed by atoms with Crippen molar-refractivity contribution >= 4 is 63.0 Å². The Labute approximate surface area is 239 Å². The molecular weight excluding hydrogens is 523 g/mol. The third kappa shape index (κ3) is 3.51. The van der Waals surface area contributed by atoms with E-state index >= 15 is 0 Å². The molecule has 8 rings (SSSR count). The molecule has 0 aliphatic rings. The van der Waals surface area contributed by atoms with Crippen LogP contribution < -0.4 is 0 Å². The lowest BCUT2D eigenvalue weighted by atomic mass is 9.86. The summed E-state index contributed by atoms with van der Waals surface area (Å²) in [6.45, 7) is 0. The van der Waals surface area contributed by atoms with E-state index in [9.17, 15) is 5.26 Å². The van der Waals surface area contributed by atoms with Crippen LogP contribution in [0.4, 0.5) is 0 Å².